The van der Waals surface area contributed by atoms with Crippen molar-refractivity contribution in [2.75, 3.05) is 25.1 Å². The van der Waals surface area contributed by atoms with Gasteiger partial charge in [-0.2, -0.15) is 0 Å². The summed E-state index contributed by atoms with van der Waals surface area (Å²) in [6.45, 7) is 1.48. The van der Waals surface area contributed by atoms with Crippen molar-refractivity contribution >= 4 is 11.7 Å². The average Bonchev–Trinajstić information content (AvgIpc) is 2.38. The minimum Gasteiger partial charge on any atom is -0.489 e. The SMILES string of the molecule is COc1c(N2CCC(CC(N)=O)CC2)nc[nH]c1=O. The van der Waals surface area contributed by atoms with Gasteiger partial charge >= 0.3 is 0 Å². The first kappa shape index (κ1) is 13.4. The monoisotopic (exact) mass is 266 g/mol. The number of methoxy groups -OCH3 is 1. The van der Waals surface area contributed by atoms with E-state index >= 15 is 0 Å². The normalized spacial score (nSPS) is 16.4. The zero-order valence-corrected chi connectivity index (χ0v) is 10.9. The van der Waals surface area contributed by atoms with Crippen molar-refractivity contribution in [3.8, 4) is 5.75 Å². The number of rotatable bonds is 4. The van der Waals surface area contributed by atoms with E-state index in [9.17, 15) is 9.59 Å². The van der Waals surface area contributed by atoms with Gasteiger partial charge < -0.3 is 20.4 Å². The topological polar surface area (TPSA) is 101 Å². The molecule has 1 aliphatic heterocycles. The summed E-state index contributed by atoms with van der Waals surface area (Å²) in [5.41, 5.74) is 4.92. The fraction of sp³-hybridized carbons (Fsp3) is 0.583. The van der Waals surface area contributed by atoms with E-state index in [1.807, 2.05) is 4.90 Å². The van der Waals surface area contributed by atoms with Gasteiger partial charge in [0.1, 0.15) is 0 Å². The average molecular weight is 266 g/mol. The van der Waals surface area contributed by atoms with Crippen molar-refractivity contribution in [3.05, 3.63) is 16.7 Å². The predicted octanol–water partition coefficient (Wildman–Crippen LogP) is -0.130. The number of amides is 1. The molecule has 7 nitrogen and oxygen atoms in total. The van der Waals surface area contributed by atoms with Crippen LogP contribution in [0, 0.1) is 5.92 Å². The fourth-order valence-corrected chi connectivity index (χ4v) is 2.42. The van der Waals surface area contributed by atoms with E-state index in [2.05, 4.69) is 9.97 Å². The van der Waals surface area contributed by atoms with Gasteiger partial charge in [0.2, 0.25) is 11.7 Å². The van der Waals surface area contributed by atoms with E-state index in [0.29, 0.717) is 18.2 Å². The summed E-state index contributed by atoms with van der Waals surface area (Å²) in [5, 5.41) is 0. The molecule has 0 aliphatic carbocycles. The van der Waals surface area contributed by atoms with Gasteiger partial charge in [0, 0.05) is 19.5 Å². The fourth-order valence-electron chi connectivity index (χ4n) is 2.42. The lowest BCUT2D eigenvalue weighted by Gasteiger charge is -2.32. The van der Waals surface area contributed by atoms with Gasteiger partial charge in [0.25, 0.3) is 5.56 Å². The Hall–Kier alpha value is -2.05. The number of H-pyrrole nitrogens is 1. The van der Waals surface area contributed by atoms with Gasteiger partial charge in [-0.15, -0.1) is 0 Å². The van der Waals surface area contributed by atoms with E-state index in [1.165, 1.54) is 13.4 Å². The van der Waals surface area contributed by atoms with Crippen LogP contribution < -0.4 is 20.9 Å². The Labute approximate surface area is 110 Å². The van der Waals surface area contributed by atoms with Gasteiger partial charge in [0.05, 0.1) is 13.4 Å². The van der Waals surface area contributed by atoms with Crippen molar-refractivity contribution in [2.45, 2.75) is 19.3 Å². The molecule has 0 aromatic carbocycles. The number of aromatic amines is 1. The molecule has 2 heterocycles. The highest BCUT2D eigenvalue weighted by molar-refractivity contribution is 5.74. The maximum atomic E-state index is 11.6. The molecule has 2 rings (SSSR count). The number of carbonyl (C=O) groups is 1. The first-order chi connectivity index (χ1) is 9.11. The van der Waals surface area contributed by atoms with Crippen molar-refractivity contribution in [2.24, 2.45) is 11.7 Å². The first-order valence-electron chi connectivity index (χ1n) is 6.26. The number of nitrogens with zero attached hydrogens (tertiary/aromatic N) is 2. The number of nitrogens with one attached hydrogen (secondary N) is 1. The smallest absolute Gasteiger partial charge is 0.295 e. The number of piperidine rings is 1. The predicted molar refractivity (Wildman–Crippen MR) is 70.2 cm³/mol. The van der Waals surface area contributed by atoms with Crippen LogP contribution in [0.15, 0.2) is 11.1 Å². The summed E-state index contributed by atoms with van der Waals surface area (Å²) in [5.74, 6) is 0.853. The van der Waals surface area contributed by atoms with Crippen LogP contribution in [0.25, 0.3) is 0 Å². The number of hydrogen-bond donors (Lipinski definition) is 2. The third kappa shape index (κ3) is 3.04. The Morgan fingerprint density at radius 1 is 1.58 bits per heavy atom. The zero-order chi connectivity index (χ0) is 13.8. The second kappa shape index (κ2) is 5.73. The summed E-state index contributed by atoms with van der Waals surface area (Å²) < 4.78 is 5.10. The molecule has 1 amide bonds. The largest absolute Gasteiger partial charge is 0.489 e. The lowest BCUT2D eigenvalue weighted by molar-refractivity contribution is -0.119. The van der Waals surface area contributed by atoms with Crippen molar-refractivity contribution in [3.63, 3.8) is 0 Å². The van der Waals surface area contributed by atoms with E-state index in [-0.39, 0.29) is 17.2 Å². The number of aromatic nitrogens is 2. The lowest BCUT2D eigenvalue weighted by atomic mass is 9.93. The molecule has 0 unspecified atom stereocenters. The molecule has 1 aromatic heterocycles. The maximum absolute atomic E-state index is 11.6. The molecule has 0 atom stereocenters. The standard InChI is InChI=1S/C12H18N4O3/c1-19-10-11(14-7-15-12(10)18)16-4-2-8(3-5-16)6-9(13)17/h7-8H,2-6H2,1H3,(H2,13,17)(H,14,15,18). The van der Waals surface area contributed by atoms with Crippen LogP contribution >= 0.6 is 0 Å². The van der Waals surface area contributed by atoms with Crippen molar-refractivity contribution in [1.29, 1.82) is 0 Å². The molecular formula is C12H18N4O3. The molecule has 0 saturated carbocycles. The number of ether oxygens (including phenoxy) is 1. The number of primary amides is 1. The first-order valence-corrected chi connectivity index (χ1v) is 6.26. The third-order valence-electron chi connectivity index (χ3n) is 3.40. The Balaban J connectivity index is 2.08. The molecule has 0 radical (unpaired) electrons. The highest BCUT2D eigenvalue weighted by Crippen LogP contribution is 2.27. The molecule has 3 N–H and O–H groups in total. The molecule has 104 valence electrons. The number of hydrogen-bond acceptors (Lipinski definition) is 5. The Bertz CT molecular complexity index is 506. The molecule has 0 bridgehead atoms. The van der Waals surface area contributed by atoms with E-state index < -0.39 is 0 Å². The Kier molecular flexibility index (Phi) is 4.03. The molecule has 1 aromatic rings. The minimum absolute atomic E-state index is 0.232. The summed E-state index contributed by atoms with van der Waals surface area (Å²) in [7, 11) is 1.45. The number of carbonyl (C=O) groups excluding carboxylic acids is 1. The molecule has 1 aliphatic rings. The molecule has 1 fully saturated rings. The van der Waals surface area contributed by atoms with Gasteiger partial charge in [-0.1, -0.05) is 0 Å². The Morgan fingerprint density at radius 2 is 2.26 bits per heavy atom. The van der Waals surface area contributed by atoms with Crippen LogP contribution in [0.3, 0.4) is 0 Å². The van der Waals surface area contributed by atoms with Crippen LogP contribution in [0.2, 0.25) is 0 Å². The van der Waals surface area contributed by atoms with E-state index in [1.54, 1.807) is 0 Å². The van der Waals surface area contributed by atoms with E-state index in [4.69, 9.17) is 10.5 Å². The minimum atomic E-state index is -0.285. The lowest BCUT2D eigenvalue weighted by Crippen LogP contribution is -2.36. The van der Waals surface area contributed by atoms with Crippen LogP contribution in [-0.2, 0) is 4.79 Å². The summed E-state index contributed by atoms with van der Waals surface area (Å²) in [6, 6.07) is 0. The highest BCUT2D eigenvalue weighted by Gasteiger charge is 2.24. The second-order valence-corrected chi connectivity index (χ2v) is 4.69. The van der Waals surface area contributed by atoms with Crippen LogP contribution in [0.1, 0.15) is 19.3 Å². The van der Waals surface area contributed by atoms with Crippen LogP contribution in [0.4, 0.5) is 5.82 Å². The molecule has 7 heteroatoms. The Morgan fingerprint density at radius 3 is 2.84 bits per heavy atom. The van der Waals surface area contributed by atoms with Gasteiger partial charge in [-0.05, 0) is 18.8 Å². The van der Waals surface area contributed by atoms with Gasteiger partial charge in [-0.3, -0.25) is 9.59 Å². The summed E-state index contributed by atoms with van der Waals surface area (Å²) in [6.07, 6.45) is 3.52. The maximum Gasteiger partial charge on any atom is 0.295 e. The number of nitrogens with two attached hydrogens (primary N) is 1. The van der Waals surface area contributed by atoms with Crippen LogP contribution in [-0.4, -0.2) is 36.1 Å². The van der Waals surface area contributed by atoms with E-state index in [0.717, 1.165) is 25.9 Å². The summed E-state index contributed by atoms with van der Waals surface area (Å²) >= 11 is 0. The highest BCUT2D eigenvalue weighted by atomic mass is 16.5. The summed E-state index contributed by atoms with van der Waals surface area (Å²) in [4.78, 5) is 31.2. The third-order valence-corrected chi connectivity index (χ3v) is 3.40. The molecule has 1 saturated heterocycles. The number of anilines is 1. The zero-order valence-electron chi connectivity index (χ0n) is 10.9. The molecule has 0 spiro atoms. The molecule has 19 heavy (non-hydrogen) atoms. The van der Waals surface area contributed by atoms with Crippen LogP contribution in [0.5, 0.6) is 5.75 Å². The van der Waals surface area contributed by atoms with Crippen molar-refractivity contribution < 1.29 is 9.53 Å². The molecular weight excluding hydrogens is 248 g/mol. The van der Waals surface area contributed by atoms with Crippen molar-refractivity contribution in [1.82, 2.24) is 9.97 Å². The van der Waals surface area contributed by atoms with Gasteiger partial charge in [-0.25, -0.2) is 4.98 Å². The quantitative estimate of drug-likeness (QED) is 0.790. The second-order valence-electron chi connectivity index (χ2n) is 4.69. The van der Waals surface area contributed by atoms with Gasteiger partial charge in [0.15, 0.2) is 5.82 Å².